The van der Waals surface area contributed by atoms with Gasteiger partial charge in [0.05, 0.1) is 18.5 Å². The van der Waals surface area contributed by atoms with E-state index in [0.717, 1.165) is 24.8 Å². The zero-order chi connectivity index (χ0) is 17.1. The fraction of sp³-hybridized carbons (Fsp3) is 0.188. The number of hydrogen-bond donors (Lipinski definition) is 3. The third-order valence-corrected chi connectivity index (χ3v) is 3.52. The molecular formula is C16H17F2N3O2. The molecule has 2 rings (SSSR count). The molecule has 0 saturated heterocycles. The van der Waals surface area contributed by atoms with Crippen molar-refractivity contribution in [3.63, 3.8) is 0 Å². The second-order valence-electron chi connectivity index (χ2n) is 5.02. The van der Waals surface area contributed by atoms with Gasteiger partial charge in [-0.3, -0.25) is 4.79 Å². The Bertz CT molecular complexity index is 740. The SMILES string of the molecule is COc1c(F)cc(C(=O)NCc2c(C)ccc(N)c2N)cc1F. The molecule has 0 aromatic heterocycles. The molecule has 0 heterocycles. The van der Waals surface area contributed by atoms with E-state index < -0.39 is 23.3 Å². The van der Waals surface area contributed by atoms with Gasteiger partial charge in [-0.1, -0.05) is 6.07 Å². The summed E-state index contributed by atoms with van der Waals surface area (Å²) >= 11 is 0. The molecule has 0 spiro atoms. The van der Waals surface area contributed by atoms with Crippen LogP contribution in [0.5, 0.6) is 5.75 Å². The summed E-state index contributed by atoms with van der Waals surface area (Å²) in [5.74, 6) is -3.06. The van der Waals surface area contributed by atoms with Crippen LogP contribution in [0.1, 0.15) is 21.5 Å². The van der Waals surface area contributed by atoms with Gasteiger partial charge >= 0.3 is 0 Å². The summed E-state index contributed by atoms with van der Waals surface area (Å²) in [6.45, 7) is 1.92. The molecule has 7 heteroatoms. The molecular weight excluding hydrogens is 304 g/mol. The molecule has 122 valence electrons. The van der Waals surface area contributed by atoms with Crippen LogP contribution < -0.4 is 21.5 Å². The highest BCUT2D eigenvalue weighted by atomic mass is 19.1. The number of halogens is 2. The van der Waals surface area contributed by atoms with Crippen LogP contribution in [0.3, 0.4) is 0 Å². The minimum absolute atomic E-state index is 0.0941. The summed E-state index contributed by atoms with van der Waals surface area (Å²) in [5, 5.41) is 2.57. The van der Waals surface area contributed by atoms with E-state index in [1.54, 1.807) is 12.1 Å². The first-order valence-electron chi connectivity index (χ1n) is 6.79. The summed E-state index contributed by atoms with van der Waals surface area (Å²) in [6, 6.07) is 5.27. The zero-order valence-electron chi connectivity index (χ0n) is 12.7. The van der Waals surface area contributed by atoms with Gasteiger partial charge in [0.1, 0.15) is 0 Å². The van der Waals surface area contributed by atoms with Crippen molar-refractivity contribution in [1.29, 1.82) is 0 Å². The average Bonchev–Trinajstić information content (AvgIpc) is 2.50. The summed E-state index contributed by atoms with van der Waals surface area (Å²) in [7, 11) is 1.15. The van der Waals surface area contributed by atoms with Crippen molar-refractivity contribution in [2.45, 2.75) is 13.5 Å². The van der Waals surface area contributed by atoms with Crippen molar-refractivity contribution in [1.82, 2.24) is 5.32 Å². The number of nitrogens with two attached hydrogens (primary N) is 2. The Morgan fingerprint density at radius 1 is 1.22 bits per heavy atom. The molecule has 0 atom stereocenters. The Morgan fingerprint density at radius 3 is 2.39 bits per heavy atom. The van der Waals surface area contributed by atoms with Crippen LogP contribution in [0, 0.1) is 18.6 Å². The monoisotopic (exact) mass is 321 g/mol. The zero-order valence-corrected chi connectivity index (χ0v) is 12.7. The Hall–Kier alpha value is -2.83. The maximum atomic E-state index is 13.6. The molecule has 2 aromatic carbocycles. The quantitative estimate of drug-likeness (QED) is 0.754. The first-order chi connectivity index (χ1) is 10.8. The normalized spacial score (nSPS) is 10.4. The second kappa shape index (κ2) is 6.51. The number of carbonyl (C=O) groups is 1. The number of nitrogen functional groups attached to an aromatic ring is 2. The molecule has 0 aliphatic heterocycles. The van der Waals surface area contributed by atoms with Gasteiger partial charge in [-0.05, 0) is 36.2 Å². The molecule has 23 heavy (non-hydrogen) atoms. The lowest BCUT2D eigenvalue weighted by Gasteiger charge is -2.13. The molecule has 5 N–H and O–H groups in total. The minimum atomic E-state index is -0.947. The largest absolute Gasteiger partial charge is 0.491 e. The van der Waals surface area contributed by atoms with E-state index in [4.69, 9.17) is 11.5 Å². The van der Waals surface area contributed by atoms with E-state index in [2.05, 4.69) is 10.1 Å². The first kappa shape index (κ1) is 16.5. The third kappa shape index (κ3) is 3.33. The number of ether oxygens (including phenoxy) is 1. The van der Waals surface area contributed by atoms with Crippen molar-refractivity contribution in [2.24, 2.45) is 0 Å². The van der Waals surface area contributed by atoms with E-state index in [-0.39, 0.29) is 12.1 Å². The fourth-order valence-corrected chi connectivity index (χ4v) is 2.18. The summed E-state index contributed by atoms with van der Waals surface area (Å²) in [5.41, 5.74) is 13.7. The van der Waals surface area contributed by atoms with Gasteiger partial charge in [-0.15, -0.1) is 0 Å². The average molecular weight is 321 g/mol. The third-order valence-electron chi connectivity index (χ3n) is 3.52. The Labute approximate surface area is 132 Å². The Kier molecular flexibility index (Phi) is 4.68. The number of carbonyl (C=O) groups excluding carboxylic acids is 1. The van der Waals surface area contributed by atoms with Gasteiger partial charge in [0.2, 0.25) is 0 Å². The maximum absolute atomic E-state index is 13.6. The standard InChI is InChI=1S/C16H17F2N3O2/c1-8-3-4-13(19)14(20)10(8)7-21-16(22)9-5-11(17)15(23-2)12(18)6-9/h3-6H,7,19-20H2,1-2H3,(H,21,22). The van der Waals surface area contributed by atoms with Crippen molar-refractivity contribution in [3.8, 4) is 5.75 Å². The van der Waals surface area contributed by atoms with Gasteiger partial charge in [0, 0.05) is 12.1 Å². The van der Waals surface area contributed by atoms with Gasteiger partial charge < -0.3 is 21.5 Å². The predicted octanol–water partition coefficient (Wildman–Crippen LogP) is 2.38. The molecule has 0 fully saturated rings. The van der Waals surface area contributed by atoms with Crippen LogP contribution >= 0.6 is 0 Å². The van der Waals surface area contributed by atoms with E-state index in [1.807, 2.05) is 6.92 Å². The molecule has 0 aliphatic carbocycles. The lowest BCUT2D eigenvalue weighted by molar-refractivity contribution is 0.0950. The number of amides is 1. The van der Waals surface area contributed by atoms with Crippen molar-refractivity contribution in [3.05, 3.63) is 52.6 Å². The predicted molar refractivity (Wildman–Crippen MR) is 84.1 cm³/mol. The topological polar surface area (TPSA) is 90.4 Å². The lowest BCUT2D eigenvalue weighted by Crippen LogP contribution is -2.24. The number of benzene rings is 2. The van der Waals surface area contributed by atoms with E-state index in [1.165, 1.54) is 0 Å². The molecule has 0 radical (unpaired) electrons. The van der Waals surface area contributed by atoms with Gasteiger partial charge in [-0.25, -0.2) is 8.78 Å². The number of anilines is 2. The lowest BCUT2D eigenvalue weighted by atomic mass is 10.0. The van der Waals surface area contributed by atoms with Crippen LogP contribution in [-0.4, -0.2) is 13.0 Å². The van der Waals surface area contributed by atoms with Crippen LogP contribution in [0.15, 0.2) is 24.3 Å². The highest BCUT2D eigenvalue weighted by molar-refractivity contribution is 5.94. The van der Waals surface area contributed by atoms with E-state index in [0.29, 0.717) is 16.9 Å². The minimum Gasteiger partial charge on any atom is -0.491 e. The summed E-state index contributed by atoms with van der Waals surface area (Å²) < 4.78 is 31.8. The molecule has 5 nitrogen and oxygen atoms in total. The highest BCUT2D eigenvalue weighted by Crippen LogP contribution is 2.24. The smallest absolute Gasteiger partial charge is 0.251 e. The van der Waals surface area contributed by atoms with Crippen molar-refractivity contribution in [2.75, 3.05) is 18.6 Å². The van der Waals surface area contributed by atoms with Crippen molar-refractivity contribution < 1.29 is 18.3 Å². The summed E-state index contributed by atoms with van der Waals surface area (Å²) in [4.78, 5) is 12.1. The highest BCUT2D eigenvalue weighted by Gasteiger charge is 2.16. The first-order valence-corrected chi connectivity index (χ1v) is 6.79. The number of aryl methyl sites for hydroxylation is 1. The van der Waals surface area contributed by atoms with Gasteiger partial charge in [-0.2, -0.15) is 0 Å². The number of methoxy groups -OCH3 is 1. The van der Waals surface area contributed by atoms with Gasteiger partial charge in [0.15, 0.2) is 17.4 Å². The maximum Gasteiger partial charge on any atom is 0.251 e. The Balaban J connectivity index is 2.20. The van der Waals surface area contributed by atoms with Crippen LogP contribution in [0.2, 0.25) is 0 Å². The molecule has 0 aliphatic rings. The van der Waals surface area contributed by atoms with Crippen LogP contribution in [0.25, 0.3) is 0 Å². The van der Waals surface area contributed by atoms with Gasteiger partial charge in [0.25, 0.3) is 5.91 Å². The molecule has 0 saturated carbocycles. The number of rotatable bonds is 4. The molecule has 0 bridgehead atoms. The van der Waals surface area contributed by atoms with Crippen molar-refractivity contribution >= 4 is 17.3 Å². The van der Waals surface area contributed by atoms with E-state index in [9.17, 15) is 13.6 Å². The summed E-state index contributed by atoms with van der Waals surface area (Å²) in [6.07, 6.45) is 0. The number of nitrogens with one attached hydrogen (secondary N) is 1. The molecule has 2 aromatic rings. The molecule has 1 amide bonds. The molecule has 0 unspecified atom stereocenters. The fourth-order valence-electron chi connectivity index (χ4n) is 2.18. The van der Waals surface area contributed by atoms with E-state index >= 15 is 0 Å². The number of hydrogen-bond acceptors (Lipinski definition) is 4. The Morgan fingerprint density at radius 2 is 1.83 bits per heavy atom. The van der Waals surface area contributed by atoms with Crippen LogP contribution in [-0.2, 0) is 6.54 Å². The van der Waals surface area contributed by atoms with Crippen LogP contribution in [0.4, 0.5) is 20.2 Å². The second-order valence-corrected chi connectivity index (χ2v) is 5.02.